The van der Waals surface area contributed by atoms with Crippen molar-refractivity contribution in [2.24, 2.45) is 0 Å². The van der Waals surface area contributed by atoms with E-state index in [-0.39, 0.29) is 0 Å². The Bertz CT molecular complexity index is 660. The third-order valence-electron chi connectivity index (χ3n) is 2.73. The van der Waals surface area contributed by atoms with Crippen LogP contribution >= 0.6 is 0 Å². The summed E-state index contributed by atoms with van der Waals surface area (Å²) < 4.78 is 0. The highest BCUT2D eigenvalue weighted by molar-refractivity contribution is 5.83. The minimum Gasteiger partial charge on any atom is -0.367 e. The number of nitrogens with one attached hydrogen (secondary N) is 2. The third kappa shape index (κ3) is 2.45. The number of hydrogen-bond donors (Lipinski definition) is 2. The Labute approximate surface area is 117 Å². The minimum atomic E-state index is 0.313. The van der Waals surface area contributed by atoms with Gasteiger partial charge in [-0.3, -0.25) is 0 Å². The highest BCUT2D eigenvalue weighted by Crippen LogP contribution is 2.23. The molecule has 0 unspecified atom stereocenters. The number of hydrogen-bond acceptors (Lipinski definition) is 6. The Morgan fingerprint density at radius 3 is 1.60 bits per heavy atom. The first-order chi connectivity index (χ1) is 9.73. The van der Waals surface area contributed by atoms with E-state index in [4.69, 9.17) is 10.5 Å². The molecule has 0 fully saturated rings. The molecule has 1 heterocycles. The number of nitriles is 2. The van der Waals surface area contributed by atoms with Crippen molar-refractivity contribution >= 4 is 22.7 Å². The molecule has 0 atom stereocenters. The molecule has 0 radical (unpaired) electrons. The summed E-state index contributed by atoms with van der Waals surface area (Å²) in [5.41, 5.74) is 1.82. The molecule has 1 aromatic heterocycles. The molecule has 0 bridgehead atoms. The van der Waals surface area contributed by atoms with E-state index in [1.54, 1.807) is 12.1 Å². The summed E-state index contributed by atoms with van der Waals surface area (Å²) in [6.45, 7) is 5.39. The molecule has 0 amide bonds. The van der Waals surface area contributed by atoms with Crippen LogP contribution in [0.15, 0.2) is 12.1 Å². The molecule has 0 saturated heterocycles. The maximum absolute atomic E-state index is 9.04. The molecule has 0 aliphatic rings. The van der Waals surface area contributed by atoms with Gasteiger partial charge in [0.05, 0.1) is 22.2 Å². The molecule has 2 rings (SSSR count). The Balaban J connectivity index is 2.68. The maximum atomic E-state index is 9.04. The average Bonchev–Trinajstić information content (AvgIpc) is 2.47. The molecule has 1 aromatic carbocycles. The Morgan fingerprint density at radius 1 is 0.900 bits per heavy atom. The first-order valence-electron chi connectivity index (χ1n) is 6.37. The number of fused-ring (bicyclic) bond motifs is 1. The van der Waals surface area contributed by atoms with Crippen LogP contribution in [0.3, 0.4) is 0 Å². The van der Waals surface area contributed by atoms with Gasteiger partial charge in [-0.15, -0.1) is 0 Å². The van der Waals surface area contributed by atoms with Crippen molar-refractivity contribution in [3.63, 3.8) is 0 Å². The Morgan fingerprint density at radius 2 is 1.30 bits per heavy atom. The summed E-state index contributed by atoms with van der Waals surface area (Å²) in [7, 11) is 0. The molecule has 0 saturated carbocycles. The standard InChI is InChI=1S/C14H14N6/c1-3-17-13-14(18-4-2)20-12-6-10(8-16)9(7-15)5-11(12)19-13/h5-6H,3-4H2,1-2H3,(H,17,19)(H,18,20). The average molecular weight is 266 g/mol. The Hall–Kier alpha value is -2.86. The van der Waals surface area contributed by atoms with Gasteiger partial charge in [0.15, 0.2) is 11.6 Å². The van der Waals surface area contributed by atoms with Gasteiger partial charge in [0.25, 0.3) is 0 Å². The van der Waals surface area contributed by atoms with Gasteiger partial charge in [0, 0.05) is 13.1 Å². The van der Waals surface area contributed by atoms with Gasteiger partial charge >= 0.3 is 0 Å². The predicted octanol–water partition coefficient (Wildman–Crippen LogP) is 2.24. The van der Waals surface area contributed by atoms with Gasteiger partial charge in [-0.1, -0.05) is 0 Å². The van der Waals surface area contributed by atoms with E-state index in [0.717, 1.165) is 13.1 Å². The monoisotopic (exact) mass is 266 g/mol. The molecule has 2 N–H and O–H groups in total. The highest BCUT2D eigenvalue weighted by atomic mass is 15.1. The van der Waals surface area contributed by atoms with Crippen molar-refractivity contribution in [1.29, 1.82) is 10.5 Å². The van der Waals surface area contributed by atoms with E-state index in [9.17, 15) is 0 Å². The van der Waals surface area contributed by atoms with E-state index >= 15 is 0 Å². The smallest absolute Gasteiger partial charge is 0.169 e. The van der Waals surface area contributed by atoms with E-state index in [1.807, 2.05) is 26.0 Å². The fourth-order valence-corrected chi connectivity index (χ4v) is 1.87. The van der Waals surface area contributed by atoms with Crippen molar-refractivity contribution in [1.82, 2.24) is 9.97 Å². The zero-order valence-electron chi connectivity index (χ0n) is 11.4. The highest BCUT2D eigenvalue weighted by Gasteiger charge is 2.11. The first kappa shape index (κ1) is 13.6. The first-order valence-corrected chi connectivity index (χ1v) is 6.37. The molecule has 0 spiro atoms. The number of aromatic nitrogens is 2. The van der Waals surface area contributed by atoms with Crippen LogP contribution in [0, 0.1) is 22.7 Å². The van der Waals surface area contributed by atoms with Gasteiger partial charge in [-0.25, -0.2) is 9.97 Å². The van der Waals surface area contributed by atoms with Crippen LogP contribution in [0.2, 0.25) is 0 Å². The zero-order chi connectivity index (χ0) is 14.5. The van der Waals surface area contributed by atoms with Gasteiger partial charge < -0.3 is 10.6 Å². The number of rotatable bonds is 4. The molecule has 6 nitrogen and oxygen atoms in total. The molecule has 20 heavy (non-hydrogen) atoms. The lowest BCUT2D eigenvalue weighted by Gasteiger charge is -2.11. The van der Waals surface area contributed by atoms with Gasteiger partial charge in [-0.2, -0.15) is 10.5 Å². The lowest BCUT2D eigenvalue weighted by molar-refractivity contribution is 1.12. The second-order valence-corrected chi connectivity index (χ2v) is 4.09. The lowest BCUT2D eigenvalue weighted by atomic mass is 10.1. The van der Waals surface area contributed by atoms with Crippen molar-refractivity contribution in [3.05, 3.63) is 23.3 Å². The molecule has 6 heteroatoms. The fourth-order valence-electron chi connectivity index (χ4n) is 1.87. The SMILES string of the molecule is CCNc1nc2cc(C#N)c(C#N)cc2nc1NCC. The zero-order valence-corrected chi connectivity index (χ0v) is 11.4. The number of anilines is 2. The van der Waals surface area contributed by atoms with E-state index < -0.39 is 0 Å². The molecular weight excluding hydrogens is 252 g/mol. The van der Waals surface area contributed by atoms with Crippen molar-refractivity contribution in [2.45, 2.75) is 13.8 Å². The molecule has 0 aliphatic heterocycles. The minimum absolute atomic E-state index is 0.313. The second kappa shape index (κ2) is 5.85. The summed E-state index contributed by atoms with van der Waals surface area (Å²) in [4.78, 5) is 8.94. The van der Waals surface area contributed by atoms with Gasteiger partial charge in [0.1, 0.15) is 12.1 Å². The number of nitrogens with zero attached hydrogens (tertiary/aromatic N) is 4. The van der Waals surface area contributed by atoms with E-state index in [2.05, 4.69) is 20.6 Å². The van der Waals surface area contributed by atoms with Crippen molar-refractivity contribution in [3.8, 4) is 12.1 Å². The number of benzene rings is 1. The maximum Gasteiger partial charge on any atom is 0.169 e. The van der Waals surface area contributed by atoms with Crippen LogP contribution in [0.4, 0.5) is 11.6 Å². The quantitative estimate of drug-likeness (QED) is 0.880. The van der Waals surface area contributed by atoms with Gasteiger partial charge in [0.2, 0.25) is 0 Å². The second-order valence-electron chi connectivity index (χ2n) is 4.09. The van der Waals surface area contributed by atoms with Crippen molar-refractivity contribution in [2.75, 3.05) is 23.7 Å². The Kier molecular flexibility index (Phi) is 3.97. The van der Waals surface area contributed by atoms with E-state index in [1.165, 1.54) is 0 Å². The van der Waals surface area contributed by atoms with Crippen molar-refractivity contribution < 1.29 is 0 Å². The summed E-state index contributed by atoms with van der Waals surface area (Å²) in [6, 6.07) is 7.20. The normalized spacial score (nSPS) is 9.80. The lowest BCUT2D eigenvalue weighted by Crippen LogP contribution is -2.08. The predicted molar refractivity (Wildman–Crippen MR) is 77.3 cm³/mol. The van der Waals surface area contributed by atoms with Crippen LogP contribution in [0.25, 0.3) is 11.0 Å². The topological polar surface area (TPSA) is 97.4 Å². The summed E-state index contributed by atoms with van der Waals surface area (Å²) >= 11 is 0. The summed E-state index contributed by atoms with van der Waals surface area (Å²) in [6.07, 6.45) is 0. The molecule has 100 valence electrons. The molecule has 0 aliphatic carbocycles. The molecular formula is C14H14N6. The van der Waals surface area contributed by atoms with Crippen LogP contribution in [-0.4, -0.2) is 23.1 Å². The fraction of sp³-hybridized carbons (Fsp3) is 0.286. The third-order valence-corrected chi connectivity index (χ3v) is 2.73. The summed E-state index contributed by atoms with van der Waals surface area (Å²) in [5, 5.41) is 24.4. The van der Waals surface area contributed by atoms with Crippen LogP contribution in [-0.2, 0) is 0 Å². The largest absolute Gasteiger partial charge is 0.367 e. The molecule has 2 aromatic rings. The summed E-state index contributed by atoms with van der Waals surface area (Å²) in [5.74, 6) is 1.30. The van der Waals surface area contributed by atoms with Crippen LogP contribution in [0.5, 0.6) is 0 Å². The van der Waals surface area contributed by atoms with Crippen LogP contribution < -0.4 is 10.6 Å². The van der Waals surface area contributed by atoms with E-state index in [0.29, 0.717) is 33.8 Å². The van der Waals surface area contributed by atoms with Gasteiger partial charge in [-0.05, 0) is 26.0 Å². The van der Waals surface area contributed by atoms with Crippen LogP contribution in [0.1, 0.15) is 25.0 Å².